The van der Waals surface area contributed by atoms with Crippen LogP contribution in [0.15, 0.2) is 36.9 Å². The zero-order valence-electron chi connectivity index (χ0n) is 9.49. The molecule has 0 amide bonds. The fourth-order valence-corrected chi connectivity index (χ4v) is 0.589. The summed E-state index contributed by atoms with van der Waals surface area (Å²) in [6.07, 6.45) is 1.83. The van der Waals surface area contributed by atoms with Crippen molar-refractivity contribution >= 4 is 6.08 Å². The first-order valence-electron chi connectivity index (χ1n) is 4.24. The molecule has 0 fully saturated rings. The average molecular weight is 196 g/mol. The van der Waals surface area contributed by atoms with Crippen molar-refractivity contribution < 1.29 is 9.47 Å². The van der Waals surface area contributed by atoms with E-state index in [1.807, 2.05) is 36.4 Å². The van der Waals surface area contributed by atoms with Gasteiger partial charge in [-0.1, -0.05) is 43.0 Å². The average Bonchev–Trinajstić information content (AvgIpc) is 2.21. The van der Waals surface area contributed by atoms with Crippen LogP contribution in [0.1, 0.15) is 5.56 Å². The van der Waals surface area contributed by atoms with Crippen molar-refractivity contribution in [1.82, 2.24) is 0 Å². The summed E-state index contributed by atoms with van der Waals surface area (Å²) in [6, 6.07) is 10.0. The van der Waals surface area contributed by atoms with Gasteiger partial charge < -0.3 is 9.47 Å². The molecule has 0 aliphatic heterocycles. The van der Waals surface area contributed by atoms with Gasteiger partial charge >= 0.3 is 0 Å². The molecular weight excluding hydrogens is 176 g/mol. The maximum Gasteiger partial charge on any atom is 0.0351 e. The van der Waals surface area contributed by atoms with Crippen LogP contribution >= 0.6 is 0 Å². The van der Waals surface area contributed by atoms with E-state index >= 15 is 0 Å². The van der Waals surface area contributed by atoms with Gasteiger partial charge in [0.2, 0.25) is 0 Å². The van der Waals surface area contributed by atoms with E-state index in [-0.39, 0.29) is 0 Å². The van der Waals surface area contributed by atoms with Gasteiger partial charge in [0.25, 0.3) is 0 Å². The number of ether oxygens (including phenoxy) is 2. The molecule has 1 rings (SSSR count). The number of benzene rings is 1. The van der Waals surface area contributed by atoms with E-state index < -0.39 is 0 Å². The molecule has 2 nitrogen and oxygen atoms in total. The van der Waals surface area contributed by atoms with Gasteiger partial charge in [0.1, 0.15) is 0 Å². The van der Waals surface area contributed by atoms with Crippen LogP contribution in [0.4, 0.5) is 0 Å². The third-order valence-corrected chi connectivity index (χ3v) is 1.04. The van der Waals surface area contributed by atoms with Gasteiger partial charge in [-0.15, -0.1) is 0 Å². The molecule has 0 unspecified atom stereocenters. The molecular formula is C12H20O2. The second-order valence-corrected chi connectivity index (χ2v) is 2.43. The molecule has 0 aliphatic carbocycles. The van der Waals surface area contributed by atoms with Crippen LogP contribution in [0, 0.1) is 0 Å². The lowest BCUT2D eigenvalue weighted by Crippen LogP contribution is -1.63. The van der Waals surface area contributed by atoms with Crippen LogP contribution in [0.5, 0.6) is 0 Å². The highest BCUT2D eigenvalue weighted by Crippen LogP contribution is 1.97. The molecule has 80 valence electrons. The minimum atomic E-state index is 1.17. The lowest BCUT2D eigenvalue weighted by atomic mass is 10.2. The standard InChI is InChI=1S/C8H8.2C2H6O/c1-2-8-6-4-3-5-7-8;2*1-3-2/h2-7H,1H2;2*1-2H3. The van der Waals surface area contributed by atoms with Crippen molar-refractivity contribution in [2.45, 2.75) is 0 Å². The first-order chi connectivity index (χ1) is 6.76. The van der Waals surface area contributed by atoms with Gasteiger partial charge in [0.05, 0.1) is 0 Å². The van der Waals surface area contributed by atoms with Crippen LogP contribution < -0.4 is 0 Å². The molecule has 0 saturated heterocycles. The third-order valence-electron chi connectivity index (χ3n) is 1.04. The van der Waals surface area contributed by atoms with Gasteiger partial charge in [-0.05, 0) is 5.56 Å². The Morgan fingerprint density at radius 1 is 0.929 bits per heavy atom. The predicted octanol–water partition coefficient (Wildman–Crippen LogP) is 2.85. The second-order valence-electron chi connectivity index (χ2n) is 2.43. The quantitative estimate of drug-likeness (QED) is 0.687. The molecule has 0 spiro atoms. The Morgan fingerprint density at radius 3 is 1.50 bits per heavy atom. The number of methoxy groups -OCH3 is 2. The number of hydrogen-bond acceptors (Lipinski definition) is 2. The first kappa shape index (κ1) is 15.4. The van der Waals surface area contributed by atoms with Crippen LogP contribution in [-0.4, -0.2) is 28.4 Å². The van der Waals surface area contributed by atoms with Gasteiger partial charge in [-0.25, -0.2) is 0 Å². The normalized spacial score (nSPS) is 7.43. The Bertz CT molecular complexity index is 193. The molecule has 0 saturated carbocycles. The molecule has 0 radical (unpaired) electrons. The van der Waals surface area contributed by atoms with Crippen molar-refractivity contribution in [1.29, 1.82) is 0 Å². The van der Waals surface area contributed by atoms with Gasteiger partial charge in [0, 0.05) is 28.4 Å². The second kappa shape index (κ2) is 14.4. The summed E-state index contributed by atoms with van der Waals surface area (Å²) < 4.78 is 8.50. The largest absolute Gasteiger partial charge is 0.388 e. The monoisotopic (exact) mass is 196 g/mol. The summed E-state index contributed by atoms with van der Waals surface area (Å²) in [5.74, 6) is 0. The van der Waals surface area contributed by atoms with E-state index in [2.05, 4.69) is 16.1 Å². The SMILES string of the molecule is C=Cc1ccccc1.COC.COC. The fraction of sp³-hybridized carbons (Fsp3) is 0.333. The molecule has 1 aromatic carbocycles. The molecule has 0 heterocycles. The molecule has 0 aromatic heterocycles. The lowest BCUT2D eigenvalue weighted by Gasteiger charge is -1.85. The molecule has 1 aromatic rings. The highest BCUT2D eigenvalue weighted by atomic mass is 16.5. The Morgan fingerprint density at radius 2 is 1.29 bits per heavy atom. The van der Waals surface area contributed by atoms with E-state index in [9.17, 15) is 0 Å². The van der Waals surface area contributed by atoms with Crippen molar-refractivity contribution in [2.75, 3.05) is 28.4 Å². The highest BCUT2D eigenvalue weighted by molar-refractivity contribution is 5.45. The van der Waals surface area contributed by atoms with Gasteiger partial charge in [-0.3, -0.25) is 0 Å². The maximum absolute atomic E-state index is 4.25. The highest BCUT2D eigenvalue weighted by Gasteiger charge is 1.75. The molecule has 2 heteroatoms. The number of rotatable bonds is 1. The van der Waals surface area contributed by atoms with Gasteiger partial charge in [-0.2, -0.15) is 0 Å². The summed E-state index contributed by atoms with van der Waals surface area (Å²) in [4.78, 5) is 0. The van der Waals surface area contributed by atoms with E-state index in [0.717, 1.165) is 0 Å². The Labute approximate surface area is 87.2 Å². The Balaban J connectivity index is 0. The zero-order valence-corrected chi connectivity index (χ0v) is 9.49. The summed E-state index contributed by atoms with van der Waals surface area (Å²) in [5.41, 5.74) is 1.17. The maximum atomic E-state index is 4.25. The van der Waals surface area contributed by atoms with Crippen molar-refractivity contribution in [3.05, 3.63) is 42.5 Å². The molecule has 0 bridgehead atoms. The zero-order chi connectivity index (χ0) is 11.2. The summed E-state index contributed by atoms with van der Waals surface area (Å²) >= 11 is 0. The van der Waals surface area contributed by atoms with E-state index in [0.29, 0.717) is 0 Å². The smallest absolute Gasteiger partial charge is 0.0351 e. The number of hydrogen-bond donors (Lipinski definition) is 0. The predicted molar refractivity (Wildman–Crippen MR) is 62.4 cm³/mol. The van der Waals surface area contributed by atoms with Crippen LogP contribution in [0.3, 0.4) is 0 Å². The molecule has 0 N–H and O–H groups in total. The minimum absolute atomic E-state index is 1.17. The minimum Gasteiger partial charge on any atom is -0.388 e. The fourth-order valence-electron chi connectivity index (χ4n) is 0.589. The Hall–Kier alpha value is -1.12. The van der Waals surface area contributed by atoms with E-state index in [1.165, 1.54) is 5.56 Å². The topological polar surface area (TPSA) is 18.5 Å². The van der Waals surface area contributed by atoms with Crippen molar-refractivity contribution in [2.24, 2.45) is 0 Å². The van der Waals surface area contributed by atoms with E-state index in [4.69, 9.17) is 0 Å². The summed E-state index contributed by atoms with van der Waals surface area (Å²) in [5, 5.41) is 0. The van der Waals surface area contributed by atoms with Gasteiger partial charge in [0.15, 0.2) is 0 Å². The van der Waals surface area contributed by atoms with Crippen LogP contribution in [0.25, 0.3) is 6.08 Å². The van der Waals surface area contributed by atoms with Crippen molar-refractivity contribution in [3.8, 4) is 0 Å². The molecule has 0 aliphatic rings. The third kappa shape index (κ3) is 13.5. The van der Waals surface area contributed by atoms with Crippen LogP contribution in [0.2, 0.25) is 0 Å². The first-order valence-corrected chi connectivity index (χ1v) is 4.24. The van der Waals surface area contributed by atoms with E-state index in [1.54, 1.807) is 28.4 Å². The van der Waals surface area contributed by atoms with Crippen molar-refractivity contribution in [3.63, 3.8) is 0 Å². The Kier molecular flexibility index (Phi) is 15.8. The summed E-state index contributed by atoms with van der Waals surface area (Å²) in [7, 11) is 6.50. The molecule has 14 heavy (non-hydrogen) atoms. The summed E-state index contributed by atoms with van der Waals surface area (Å²) in [6.45, 7) is 3.63. The lowest BCUT2D eigenvalue weighted by molar-refractivity contribution is 0.277. The van der Waals surface area contributed by atoms with Crippen LogP contribution in [-0.2, 0) is 9.47 Å². The molecule has 0 atom stereocenters.